The van der Waals surface area contributed by atoms with Gasteiger partial charge in [0.15, 0.2) is 0 Å². The molecule has 0 aliphatic rings. The first-order valence-electron chi connectivity index (χ1n) is 8.49. The molecule has 0 aliphatic heterocycles. The molecule has 0 radical (unpaired) electrons. The van der Waals surface area contributed by atoms with Crippen molar-refractivity contribution in [2.24, 2.45) is 0 Å². The van der Waals surface area contributed by atoms with Gasteiger partial charge in [-0.2, -0.15) is 0 Å². The molecule has 1 N–H and O–H groups in total. The Morgan fingerprint density at radius 1 is 1.12 bits per heavy atom. The van der Waals surface area contributed by atoms with Gasteiger partial charge in [-0.15, -0.1) is 0 Å². The smallest absolute Gasteiger partial charge is 0.311 e. The average molecular weight is 370 g/mol. The van der Waals surface area contributed by atoms with Crippen molar-refractivity contribution in [2.45, 2.75) is 33.1 Å². The van der Waals surface area contributed by atoms with Gasteiger partial charge in [-0.1, -0.05) is 30.2 Å². The van der Waals surface area contributed by atoms with E-state index < -0.39 is 11.9 Å². The molecule has 2 aromatic carbocycles. The summed E-state index contributed by atoms with van der Waals surface area (Å²) in [7, 11) is 0. The van der Waals surface area contributed by atoms with Gasteiger partial charge in [0.05, 0.1) is 11.4 Å². The van der Waals surface area contributed by atoms with Crippen LogP contribution in [0.1, 0.15) is 46.4 Å². The van der Waals surface area contributed by atoms with Crippen LogP contribution in [0.5, 0.6) is 0 Å². The van der Waals surface area contributed by atoms with Gasteiger partial charge in [-0.3, -0.25) is 14.2 Å². The molecular formula is C21H20ClNO3. The fourth-order valence-corrected chi connectivity index (χ4v) is 3.61. The van der Waals surface area contributed by atoms with E-state index in [0.717, 1.165) is 16.5 Å². The summed E-state index contributed by atoms with van der Waals surface area (Å²) in [6.07, 6.45) is 0.457. The van der Waals surface area contributed by atoms with E-state index in [1.165, 1.54) is 0 Å². The average Bonchev–Trinajstić information content (AvgIpc) is 2.87. The topological polar surface area (TPSA) is 59.3 Å². The highest BCUT2D eigenvalue weighted by atomic mass is 35.5. The number of hydrogen-bond acceptors (Lipinski definition) is 2. The van der Waals surface area contributed by atoms with Gasteiger partial charge >= 0.3 is 5.97 Å². The number of carboxylic acid groups (broad SMARTS) is 1. The standard InChI is InChI=1S/C21H20ClNO3/c1-4-16(21(25)26)19-13(3)23(18-10-5-12(2)11-17(18)19)20(24)14-6-8-15(22)9-7-14/h5-11,16H,4H2,1-3H3,(H,25,26). The largest absolute Gasteiger partial charge is 0.481 e. The molecule has 4 nitrogen and oxygen atoms in total. The van der Waals surface area contributed by atoms with Gasteiger partial charge in [0, 0.05) is 21.7 Å². The van der Waals surface area contributed by atoms with Crippen LogP contribution in [0.15, 0.2) is 42.5 Å². The molecule has 0 bridgehead atoms. The molecule has 0 amide bonds. The highest BCUT2D eigenvalue weighted by molar-refractivity contribution is 6.30. The van der Waals surface area contributed by atoms with E-state index >= 15 is 0 Å². The molecule has 3 aromatic rings. The minimum absolute atomic E-state index is 0.195. The van der Waals surface area contributed by atoms with Crippen molar-refractivity contribution in [1.29, 1.82) is 0 Å². The van der Waals surface area contributed by atoms with E-state index in [1.807, 2.05) is 39.0 Å². The number of nitrogens with zero attached hydrogens (tertiary/aromatic N) is 1. The Morgan fingerprint density at radius 2 is 1.77 bits per heavy atom. The Bertz CT molecular complexity index is 1000. The maximum absolute atomic E-state index is 13.1. The summed E-state index contributed by atoms with van der Waals surface area (Å²) in [5.74, 6) is -1.73. The zero-order valence-electron chi connectivity index (χ0n) is 14.9. The first-order chi connectivity index (χ1) is 12.3. The Morgan fingerprint density at radius 3 is 2.35 bits per heavy atom. The molecule has 0 aliphatic carbocycles. The van der Waals surface area contributed by atoms with Gasteiger partial charge in [0.1, 0.15) is 0 Å². The van der Waals surface area contributed by atoms with E-state index in [2.05, 4.69) is 0 Å². The molecule has 0 spiro atoms. The number of aromatic nitrogens is 1. The molecule has 0 saturated carbocycles. The maximum atomic E-state index is 13.1. The molecule has 3 rings (SSSR count). The summed E-state index contributed by atoms with van der Waals surface area (Å²) in [5, 5.41) is 11.0. The van der Waals surface area contributed by atoms with Crippen LogP contribution in [0.25, 0.3) is 10.9 Å². The van der Waals surface area contributed by atoms with Crippen LogP contribution in [-0.2, 0) is 4.79 Å². The van der Waals surface area contributed by atoms with E-state index in [-0.39, 0.29) is 5.91 Å². The normalized spacial score (nSPS) is 12.3. The molecular weight excluding hydrogens is 350 g/mol. The zero-order valence-corrected chi connectivity index (χ0v) is 15.7. The second-order valence-electron chi connectivity index (χ2n) is 6.47. The number of aryl methyl sites for hydroxylation is 1. The third-order valence-corrected chi connectivity index (χ3v) is 5.01. The maximum Gasteiger partial charge on any atom is 0.311 e. The summed E-state index contributed by atoms with van der Waals surface area (Å²) in [5.41, 5.74) is 3.63. The summed E-state index contributed by atoms with van der Waals surface area (Å²) in [4.78, 5) is 24.9. The number of rotatable bonds is 4. The SMILES string of the molecule is CCC(C(=O)O)c1c(C)n(C(=O)c2ccc(Cl)cc2)c2ccc(C)cc12. The predicted molar refractivity (Wildman–Crippen MR) is 103 cm³/mol. The van der Waals surface area contributed by atoms with Crippen molar-refractivity contribution >= 4 is 34.4 Å². The quantitative estimate of drug-likeness (QED) is 0.689. The number of halogens is 1. The minimum Gasteiger partial charge on any atom is -0.481 e. The molecule has 1 heterocycles. The monoisotopic (exact) mass is 369 g/mol. The number of aliphatic carboxylic acids is 1. The van der Waals surface area contributed by atoms with E-state index in [0.29, 0.717) is 28.3 Å². The molecule has 134 valence electrons. The van der Waals surface area contributed by atoms with Crippen molar-refractivity contribution in [3.05, 3.63) is 69.9 Å². The number of benzene rings is 2. The van der Waals surface area contributed by atoms with Gasteiger partial charge < -0.3 is 5.11 Å². The predicted octanol–water partition coefficient (Wildman–Crippen LogP) is 5.18. The van der Waals surface area contributed by atoms with Crippen LogP contribution in [-0.4, -0.2) is 21.6 Å². The van der Waals surface area contributed by atoms with Gasteiger partial charge in [-0.05, 0) is 62.2 Å². The van der Waals surface area contributed by atoms with Gasteiger partial charge in [-0.25, -0.2) is 0 Å². The van der Waals surface area contributed by atoms with Crippen molar-refractivity contribution in [3.63, 3.8) is 0 Å². The zero-order chi connectivity index (χ0) is 19.0. The first kappa shape index (κ1) is 18.2. The highest BCUT2D eigenvalue weighted by Crippen LogP contribution is 2.35. The second-order valence-corrected chi connectivity index (χ2v) is 6.90. The number of carbonyl (C=O) groups is 2. The van der Waals surface area contributed by atoms with E-state index in [1.54, 1.807) is 28.8 Å². The number of hydrogen-bond donors (Lipinski definition) is 1. The van der Waals surface area contributed by atoms with Crippen LogP contribution in [0.4, 0.5) is 0 Å². The summed E-state index contributed by atoms with van der Waals surface area (Å²) in [6.45, 7) is 5.61. The number of carbonyl (C=O) groups excluding carboxylic acids is 1. The summed E-state index contributed by atoms with van der Waals surface area (Å²) < 4.78 is 1.61. The third-order valence-electron chi connectivity index (χ3n) is 4.76. The fourth-order valence-electron chi connectivity index (χ4n) is 3.48. The molecule has 1 atom stereocenters. The van der Waals surface area contributed by atoms with Crippen molar-refractivity contribution in [2.75, 3.05) is 0 Å². The first-order valence-corrected chi connectivity index (χ1v) is 8.87. The number of carboxylic acids is 1. The molecule has 1 unspecified atom stereocenters. The third kappa shape index (κ3) is 3.01. The Balaban J connectivity index is 2.29. The lowest BCUT2D eigenvalue weighted by atomic mass is 9.93. The lowest BCUT2D eigenvalue weighted by Crippen LogP contribution is -2.16. The summed E-state index contributed by atoms with van der Waals surface area (Å²) >= 11 is 5.92. The van der Waals surface area contributed by atoms with Crippen LogP contribution >= 0.6 is 11.6 Å². The van der Waals surface area contributed by atoms with Crippen LogP contribution in [0.2, 0.25) is 5.02 Å². The van der Waals surface area contributed by atoms with Crippen LogP contribution in [0, 0.1) is 13.8 Å². The molecule has 5 heteroatoms. The van der Waals surface area contributed by atoms with Gasteiger partial charge in [0.25, 0.3) is 5.91 Å². The van der Waals surface area contributed by atoms with Crippen molar-refractivity contribution in [1.82, 2.24) is 4.57 Å². The fraction of sp³-hybridized carbons (Fsp3) is 0.238. The van der Waals surface area contributed by atoms with Crippen molar-refractivity contribution in [3.8, 4) is 0 Å². The number of fused-ring (bicyclic) bond motifs is 1. The van der Waals surface area contributed by atoms with Crippen molar-refractivity contribution < 1.29 is 14.7 Å². The van der Waals surface area contributed by atoms with Crippen LogP contribution in [0.3, 0.4) is 0 Å². The van der Waals surface area contributed by atoms with E-state index in [4.69, 9.17) is 11.6 Å². The van der Waals surface area contributed by atoms with E-state index in [9.17, 15) is 14.7 Å². The Kier molecular flexibility index (Phi) is 4.88. The molecule has 0 saturated heterocycles. The Hall–Kier alpha value is -2.59. The van der Waals surface area contributed by atoms with Gasteiger partial charge in [0.2, 0.25) is 0 Å². The summed E-state index contributed by atoms with van der Waals surface area (Å²) in [6, 6.07) is 12.5. The minimum atomic E-state index is -0.880. The lowest BCUT2D eigenvalue weighted by molar-refractivity contribution is -0.138. The second kappa shape index (κ2) is 6.96. The Labute approximate surface area is 157 Å². The highest BCUT2D eigenvalue weighted by Gasteiger charge is 2.28. The van der Waals surface area contributed by atoms with Crippen LogP contribution < -0.4 is 0 Å². The lowest BCUT2D eigenvalue weighted by Gasteiger charge is -2.12. The molecule has 1 aromatic heterocycles. The molecule has 26 heavy (non-hydrogen) atoms. The molecule has 0 fully saturated rings.